The number of carbonyl (C=O) groups excluding carboxylic acids is 2. The van der Waals surface area contributed by atoms with Crippen molar-refractivity contribution in [3.63, 3.8) is 0 Å². The maximum atomic E-state index is 11.9. The third kappa shape index (κ3) is 3.49. The number of ether oxygens (including phenoxy) is 1. The van der Waals surface area contributed by atoms with Crippen LogP contribution in [0.1, 0.15) is 43.0 Å². The van der Waals surface area contributed by atoms with E-state index in [1.54, 1.807) is 12.1 Å². The highest BCUT2D eigenvalue weighted by atomic mass is 16.6. The number of fused-ring (bicyclic) bond motifs is 1. The van der Waals surface area contributed by atoms with Gasteiger partial charge in [-0.1, -0.05) is 60.1 Å². The summed E-state index contributed by atoms with van der Waals surface area (Å²) in [5, 5.41) is 0. The summed E-state index contributed by atoms with van der Waals surface area (Å²) >= 11 is 0. The molecule has 3 aromatic carbocycles. The SMILES string of the molecule is O=C1OC(=O)c2cc(C#Cc3ccccc3)c(C#Cc3ccccc3)cc21. The molecule has 3 aromatic rings. The van der Waals surface area contributed by atoms with E-state index in [2.05, 4.69) is 23.7 Å². The summed E-state index contributed by atoms with van der Waals surface area (Å²) in [6, 6.07) is 22.2. The van der Waals surface area contributed by atoms with Gasteiger partial charge in [-0.3, -0.25) is 0 Å². The highest BCUT2D eigenvalue weighted by molar-refractivity contribution is 6.15. The number of hydrogen-bond donors (Lipinski definition) is 0. The molecule has 1 aliphatic rings. The number of esters is 2. The Morgan fingerprint density at radius 2 is 0.963 bits per heavy atom. The van der Waals surface area contributed by atoms with Crippen molar-refractivity contribution in [1.82, 2.24) is 0 Å². The fourth-order valence-corrected chi connectivity index (χ4v) is 2.66. The van der Waals surface area contributed by atoms with Crippen molar-refractivity contribution in [2.24, 2.45) is 0 Å². The van der Waals surface area contributed by atoms with E-state index in [-0.39, 0.29) is 11.1 Å². The summed E-state index contributed by atoms with van der Waals surface area (Å²) in [7, 11) is 0. The normalized spacial score (nSPS) is 11.6. The second kappa shape index (κ2) is 7.04. The van der Waals surface area contributed by atoms with Crippen LogP contribution < -0.4 is 0 Å². The fraction of sp³-hybridized carbons (Fsp3) is 0. The van der Waals surface area contributed by atoms with Crippen LogP contribution in [0, 0.1) is 23.7 Å². The predicted octanol–water partition coefficient (Wildman–Crippen LogP) is 3.80. The van der Waals surface area contributed by atoms with Gasteiger partial charge in [0.1, 0.15) is 0 Å². The molecule has 0 saturated carbocycles. The molecule has 27 heavy (non-hydrogen) atoms. The average molecular weight is 348 g/mol. The molecule has 0 spiro atoms. The number of hydrogen-bond acceptors (Lipinski definition) is 3. The van der Waals surface area contributed by atoms with Crippen LogP contribution in [0.15, 0.2) is 72.8 Å². The van der Waals surface area contributed by atoms with Crippen LogP contribution in [0.4, 0.5) is 0 Å². The molecule has 0 aromatic heterocycles. The summed E-state index contributed by atoms with van der Waals surface area (Å²) in [6.07, 6.45) is 0. The first-order valence-corrected chi connectivity index (χ1v) is 8.29. The van der Waals surface area contributed by atoms with E-state index >= 15 is 0 Å². The van der Waals surface area contributed by atoms with Crippen LogP contribution in [0.3, 0.4) is 0 Å². The van der Waals surface area contributed by atoms with Crippen molar-refractivity contribution in [2.75, 3.05) is 0 Å². The predicted molar refractivity (Wildman–Crippen MR) is 101 cm³/mol. The van der Waals surface area contributed by atoms with Crippen molar-refractivity contribution < 1.29 is 14.3 Å². The Balaban J connectivity index is 1.83. The van der Waals surface area contributed by atoms with Gasteiger partial charge in [-0.2, -0.15) is 0 Å². The zero-order valence-corrected chi connectivity index (χ0v) is 14.2. The van der Waals surface area contributed by atoms with Crippen LogP contribution >= 0.6 is 0 Å². The molecular formula is C24H12O3. The number of cyclic esters (lactones) is 2. The van der Waals surface area contributed by atoms with Gasteiger partial charge in [0.15, 0.2) is 0 Å². The summed E-state index contributed by atoms with van der Waals surface area (Å²) in [5.74, 6) is 10.9. The Labute approximate surface area is 156 Å². The lowest BCUT2D eigenvalue weighted by Crippen LogP contribution is -1.96. The highest BCUT2D eigenvalue weighted by Crippen LogP contribution is 2.24. The lowest BCUT2D eigenvalue weighted by molar-refractivity contribution is 0.0443. The van der Waals surface area contributed by atoms with Crippen molar-refractivity contribution in [1.29, 1.82) is 0 Å². The van der Waals surface area contributed by atoms with Gasteiger partial charge in [0.2, 0.25) is 0 Å². The molecule has 0 bridgehead atoms. The molecule has 4 rings (SSSR count). The molecule has 3 heteroatoms. The van der Waals surface area contributed by atoms with Crippen LogP contribution in [0.25, 0.3) is 0 Å². The topological polar surface area (TPSA) is 43.4 Å². The first kappa shape index (κ1) is 16.4. The number of benzene rings is 3. The van der Waals surface area contributed by atoms with Gasteiger partial charge in [0.25, 0.3) is 0 Å². The van der Waals surface area contributed by atoms with Crippen LogP contribution in [-0.2, 0) is 4.74 Å². The summed E-state index contributed by atoms with van der Waals surface area (Å²) in [4.78, 5) is 23.7. The first-order valence-electron chi connectivity index (χ1n) is 8.29. The van der Waals surface area contributed by atoms with E-state index in [4.69, 9.17) is 4.74 Å². The zero-order valence-electron chi connectivity index (χ0n) is 14.2. The third-order valence-electron chi connectivity index (χ3n) is 4.01. The molecule has 0 aliphatic carbocycles. The van der Waals surface area contributed by atoms with Gasteiger partial charge < -0.3 is 4.74 Å². The van der Waals surface area contributed by atoms with Crippen molar-refractivity contribution >= 4 is 11.9 Å². The monoisotopic (exact) mass is 348 g/mol. The lowest BCUT2D eigenvalue weighted by Gasteiger charge is -2.00. The minimum absolute atomic E-state index is 0.225. The maximum absolute atomic E-state index is 11.9. The number of carbonyl (C=O) groups is 2. The Bertz CT molecular complexity index is 1070. The van der Waals surface area contributed by atoms with E-state index in [1.807, 2.05) is 60.7 Å². The summed E-state index contributed by atoms with van der Waals surface area (Å²) in [6.45, 7) is 0. The second-order valence-corrected chi connectivity index (χ2v) is 5.85. The minimum atomic E-state index is -0.652. The van der Waals surface area contributed by atoms with Gasteiger partial charge in [0.05, 0.1) is 11.1 Å². The molecule has 0 amide bonds. The molecule has 1 heterocycles. The molecular weight excluding hydrogens is 336 g/mol. The molecule has 0 atom stereocenters. The quantitative estimate of drug-likeness (QED) is 0.353. The Kier molecular flexibility index (Phi) is 4.27. The molecule has 1 aliphatic heterocycles. The van der Waals surface area contributed by atoms with Gasteiger partial charge in [0, 0.05) is 22.3 Å². The molecule has 3 nitrogen and oxygen atoms in total. The molecule has 0 unspecified atom stereocenters. The standard InChI is InChI=1S/C24H12O3/c25-23-21-15-19(13-11-17-7-3-1-4-8-17)20(16-22(21)24(26)27-23)14-12-18-9-5-2-6-10-18/h1-10,15-16H. The van der Waals surface area contributed by atoms with Crippen molar-refractivity contribution in [3.8, 4) is 23.7 Å². The largest absolute Gasteiger partial charge is 0.386 e. The number of rotatable bonds is 0. The Hall–Kier alpha value is -4.08. The minimum Gasteiger partial charge on any atom is -0.386 e. The van der Waals surface area contributed by atoms with Gasteiger partial charge >= 0.3 is 11.9 Å². The zero-order chi connectivity index (χ0) is 18.6. The molecule has 0 N–H and O–H groups in total. The van der Waals surface area contributed by atoms with E-state index in [1.165, 1.54) is 0 Å². The smallest absolute Gasteiger partial charge is 0.346 e. The lowest BCUT2D eigenvalue weighted by atomic mass is 9.99. The van der Waals surface area contributed by atoms with Crippen LogP contribution in [-0.4, -0.2) is 11.9 Å². The van der Waals surface area contributed by atoms with Gasteiger partial charge in [-0.05, 0) is 36.4 Å². The molecule has 0 radical (unpaired) electrons. The van der Waals surface area contributed by atoms with Gasteiger partial charge in [-0.15, -0.1) is 0 Å². The van der Waals surface area contributed by atoms with Crippen LogP contribution in [0.5, 0.6) is 0 Å². The van der Waals surface area contributed by atoms with Crippen molar-refractivity contribution in [2.45, 2.75) is 0 Å². The second-order valence-electron chi connectivity index (χ2n) is 5.85. The maximum Gasteiger partial charge on any atom is 0.346 e. The molecule has 126 valence electrons. The molecule has 0 saturated heterocycles. The fourth-order valence-electron chi connectivity index (χ4n) is 2.66. The Morgan fingerprint density at radius 1 is 0.556 bits per heavy atom. The van der Waals surface area contributed by atoms with Crippen molar-refractivity contribution in [3.05, 3.63) is 106 Å². The summed E-state index contributed by atoms with van der Waals surface area (Å²) in [5.41, 5.74) is 3.29. The third-order valence-corrected chi connectivity index (χ3v) is 4.01. The average Bonchev–Trinajstić information content (AvgIpc) is 2.99. The van der Waals surface area contributed by atoms with Gasteiger partial charge in [-0.25, -0.2) is 9.59 Å². The van der Waals surface area contributed by atoms with Crippen LogP contribution in [0.2, 0.25) is 0 Å². The Morgan fingerprint density at radius 3 is 1.37 bits per heavy atom. The van der Waals surface area contributed by atoms with E-state index in [0.29, 0.717) is 11.1 Å². The van der Waals surface area contributed by atoms with E-state index in [9.17, 15) is 9.59 Å². The van der Waals surface area contributed by atoms with E-state index < -0.39 is 11.9 Å². The first-order chi connectivity index (χ1) is 13.2. The van der Waals surface area contributed by atoms with E-state index in [0.717, 1.165) is 11.1 Å². The molecule has 0 fully saturated rings. The summed E-state index contributed by atoms with van der Waals surface area (Å²) < 4.78 is 4.69. The highest BCUT2D eigenvalue weighted by Gasteiger charge is 2.30.